The Labute approximate surface area is 153 Å². The average molecular weight is 389 g/mol. The van der Waals surface area contributed by atoms with E-state index in [0.717, 1.165) is 26.2 Å². The fourth-order valence-electron chi connectivity index (χ4n) is 3.08. The van der Waals surface area contributed by atoms with Crippen molar-refractivity contribution in [3.63, 3.8) is 0 Å². The van der Waals surface area contributed by atoms with Gasteiger partial charge < -0.3 is 10.1 Å². The molecular weight excluding hydrogens is 364 g/mol. The zero-order valence-electron chi connectivity index (χ0n) is 14.0. The second-order valence-electron chi connectivity index (χ2n) is 6.64. The van der Waals surface area contributed by atoms with Crippen LogP contribution in [0, 0.1) is 5.41 Å². The number of hydrogen-bond acceptors (Lipinski definition) is 3. The number of nitrogens with one attached hydrogen (secondary N) is 1. The summed E-state index contributed by atoms with van der Waals surface area (Å²) in [5.41, 5.74) is 0.386. The molecule has 3 nitrogen and oxygen atoms in total. The SMILES string of the molecule is CC(C)(C)[C@@H](c1ccccc1OC(F)(F)F)N1CCNCC1.Cl.Cl. The van der Waals surface area contributed by atoms with Crippen molar-refractivity contribution in [2.24, 2.45) is 5.41 Å². The lowest BCUT2D eigenvalue weighted by molar-refractivity contribution is -0.275. The summed E-state index contributed by atoms with van der Waals surface area (Å²) in [5, 5.41) is 3.27. The van der Waals surface area contributed by atoms with E-state index in [2.05, 4.69) is 15.0 Å². The van der Waals surface area contributed by atoms with Gasteiger partial charge in [0.2, 0.25) is 0 Å². The highest BCUT2D eigenvalue weighted by Crippen LogP contribution is 2.42. The zero-order chi connectivity index (χ0) is 16.4. The molecule has 0 aromatic heterocycles. The number of alkyl halides is 3. The third kappa shape index (κ3) is 6.31. The van der Waals surface area contributed by atoms with E-state index in [1.165, 1.54) is 6.07 Å². The zero-order valence-corrected chi connectivity index (χ0v) is 15.7. The Balaban J connectivity index is 0.00000264. The topological polar surface area (TPSA) is 24.5 Å². The van der Waals surface area contributed by atoms with Crippen LogP contribution < -0.4 is 10.1 Å². The Kier molecular flexibility index (Phi) is 8.87. The molecule has 0 spiro atoms. The Morgan fingerprint density at radius 3 is 2.08 bits per heavy atom. The van der Waals surface area contributed by atoms with Gasteiger partial charge in [0.1, 0.15) is 5.75 Å². The first-order valence-corrected chi connectivity index (χ1v) is 7.48. The monoisotopic (exact) mass is 388 g/mol. The van der Waals surface area contributed by atoms with Crippen molar-refractivity contribution in [1.29, 1.82) is 0 Å². The smallest absolute Gasteiger partial charge is 0.405 e. The molecule has 1 saturated heterocycles. The number of rotatable bonds is 3. The van der Waals surface area contributed by atoms with Crippen molar-refractivity contribution in [2.45, 2.75) is 33.2 Å². The number of piperazine rings is 1. The largest absolute Gasteiger partial charge is 0.573 e. The lowest BCUT2D eigenvalue weighted by Crippen LogP contribution is -2.48. The van der Waals surface area contributed by atoms with Crippen molar-refractivity contribution >= 4 is 24.8 Å². The predicted octanol–water partition coefficient (Wildman–Crippen LogP) is 4.42. The van der Waals surface area contributed by atoms with Gasteiger partial charge in [-0.05, 0) is 11.5 Å². The predicted molar refractivity (Wildman–Crippen MR) is 94.3 cm³/mol. The van der Waals surface area contributed by atoms with Crippen LogP contribution in [0.5, 0.6) is 5.75 Å². The van der Waals surface area contributed by atoms with E-state index in [1.54, 1.807) is 18.2 Å². The second-order valence-corrected chi connectivity index (χ2v) is 6.64. The van der Waals surface area contributed by atoms with E-state index >= 15 is 0 Å². The highest BCUT2D eigenvalue weighted by Gasteiger charge is 2.37. The molecule has 140 valence electrons. The molecule has 1 N–H and O–H groups in total. The third-order valence-electron chi connectivity index (χ3n) is 3.78. The highest BCUT2D eigenvalue weighted by molar-refractivity contribution is 5.85. The molecule has 0 bridgehead atoms. The molecule has 8 heteroatoms. The van der Waals surface area contributed by atoms with Gasteiger partial charge in [-0.3, -0.25) is 4.90 Å². The maximum atomic E-state index is 12.7. The van der Waals surface area contributed by atoms with Crippen molar-refractivity contribution < 1.29 is 17.9 Å². The van der Waals surface area contributed by atoms with Crippen LogP contribution >= 0.6 is 24.8 Å². The van der Waals surface area contributed by atoms with Gasteiger partial charge in [-0.2, -0.15) is 0 Å². The number of benzene rings is 1. The van der Waals surface area contributed by atoms with E-state index in [4.69, 9.17) is 0 Å². The van der Waals surface area contributed by atoms with Crippen molar-refractivity contribution in [1.82, 2.24) is 10.2 Å². The summed E-state index contributed by atoms with van der Waals surface area (Å²) in [4.78, 5) is 2.23. The minimum atomic E-state index is -4.68. The molecule has 0 saturated carbocycles. The molecule has 2 rings (SSSR count). The molecule has 1 aromatic rings. The normalized spacial score (nSPS) is 17.4. The molecule has 0 radical (unpaired) electrons. The van der Waals surface area contributed by atoms with E-state index in [9.17, 15) is 13.2 Å². The Morgan fingerprint density at radius 1 is 1.04 bits per heavy atom. The van der Waals surface area contributed by atoms with Gasteiger partial charge in [-0.1, -0.05) is 39.0 Å². The summed E-state index contributed by atoms with van der Waals surface area (Å²) in [6.07, 6.45) is -4.68. The van der Waals surface area contributed by atoms with E-state index < -0.39 is 6.36 Å². The number of halogens is 5. The minimum absolute atomic E-state index is 0. The molecule has 0 unspecified atom stereocenters. The minimum Gasteiger partial charge on any atom is -0.405 e. The van der Waals surface area contributed by atoms with E-state index in [0.29, 0.717) is 5.56 Å². The lowest BCUT2D eigenvalue weighted by Gasteiger charge is -2.43. The van der Waals surface area contributed by atoms with Gasteiger partial charge in [0.25, 0.3) is 0 Å². The van der Waals surface area contributed by atoms with Gasteiger partial charge in [0.05, 0.1) is 0 Å². The molecule has 1 fully saturated rings. The van der Waals surface area contributed by atoms with Crippen molar-refractivity contribution in [3.05, 3.63) is 29.8 Å². The van der Waals surface area contributed by atoms with Gasteiger partial charge in [-0.25, -0.2) is 0 Å². The fourth-order valence-corrected chi connectivity index (χ4v) is 3.08. The van der Waals surface area contributed by atoms with Crippen LogP contribution in [0.4, 0.5) is 13.2 Å². The molecule has 1 atom stereocenters. The molecule has 0 amide bonds. The number of nitrogens with zero attached hydrogens (tertiary/aromatic N) is 1. The van der Waals surface area contributed by atoms with Gasteiger partial charge in [0.15, 0.2) is 0 Å². The van der Waals surface area contributed by atoms with Crippen LogP contribution in [0.1, 0.15) is 32.4 Å². The number of hydrogen-bond donors (Lipinski definition) is 1. The summed E-state index contributed by atoms with van der Waals surface area (Å²) in [5.74, 6) is -0.103. The lowest BCUT2D eigenvalue weighted by atomic mass is 9.80. The maximum absolute atomic E-state index is 12.7. The molecule has 1 aliphatic rings. The van der Waals surface area contributed by atoms with Gasteiger partial charge in [-0.15, -0.1) is 38.0 Å². The molecule has 1 aliphatic heterocycles. The summed E-state index contributed by atoms with van der Waals surface area (Å²) < 4.78 is 42.3. The number of para-hydroxylation sites is 1. The molecule has 24 heavy (non-hydrogen) atoms. The van der Waals surface area contributed by atoms with Crippen LogP contribution in [0.15, 0.2) is 24.3 Å². The van der Waals surface area contributed by atoms with Crippen LogP contribution in [-0.2, 0) is 0 Å². The van der Waals surface area contributed by atoms with Crippen LogP contribution in [0.3, 0.4) is 0 Å². The first-order chi connectivity index (χ1) is 10.2. The fraction of sp³-hybridized carbons (Fsp3) is 0.625. The third-order valence-corrected chi connectivity index (χ3v) is 3.78. The first kappa shape index (κ1) is 23.3. The standard InChI is InChI=1S/C16H23F3N2O.2ClH/c1-15(2,3)14(21-10-8-20-9-11-21)12-6-4-5-7-13(12)22-16(17,18)19;;/h4-7,14,20H,8-11H2,1-3H3;2*1H/t14-;;/m1../s1. The Hall–Kier alpha value is -0.690. The average Bonchev–Trinajstić information content (AvgIpc) is 2.39. The van der Waals surface area contributed by atoms with Gasteiger partial charge in [0, 0.05) is 37.8 Å². The van der Waals surface area contributed by atoms with Crippen molar-refractivity contribution in [3.8, 4) is 5.75 Å². The quantitative estimate of drug-likeness (QED) is 0.828. The Bertz CT molecular complexity index is 501. The highest BCUT2D eigenvalue weighted by atomic mass is 35.5. The molecule has 0 aliphatic carbocycles. The van der Waals surface area contributed by atoms with E-state index in [1.807, 2.05) is 20.8 Å². The molecule has 1 heterocycles. The van der Waals surface area contributed by atoms with Gasteiger partial charge >= 0.3 is 6.36 Å². The van der Waals surface area contributed by atoms with Crippen LogP contribution in [-0.4, -0.2) is 37.4 Å². The Morgan fingerprint density at radius 2 is 1.58 bits per heavy atom. The van der Waals surface area contributed by atoms with Crippen LogP contribution in [0.2, 0.25) is 0 Å². The summed E-state index contributed by atoms with van der Waals surface area (Å²) in [7, 11) is 0. The molecular formula is C16H25Cl2F3N2O. The van der Waals surface area contributed by atoms with E-state index in [-0.39, 0.29) is 42.0 Å². The number of ether oxygens (including phenoxy) is 1. The van der Waals surface area contributed by atoms with Crippen molar-refractivity contribution in [2.75, 3.05) is 26.2 Å². The first-order valence-electron chi connectivity index (χ1n) is 7.48. The molecule has 1 aromatic carbocycles. The maximum Gasteiger partial charge on any atom is 0.573 e. The summed E-state index contributed by atoms with van der Waals surface area (Å²) >= 11 is 0. The second kappa shape index (κ2) is 9.13. The van der Waals surface area contributed by atoms with Crippen LogP contribution in [0.25, 0.3) is 0 Å². The summed E-state index contributed by atoms with van der Waals surface area (Å²) in [6, 6.07) is 6.33. The summed E-state index contributed by atoms with van der Waals surface area (Å²) in [6.45, 7) is 9.44.